The zero-order chi connectivity index (χ0) is 9.80. The van der Waals surface area contributed by atoms with Gasteiger partial charge in [0, 0.05) is 0 Å². The number of tetrazole rings is 1. The van der Waals surface area contributed by atoms with Crippen molar-refractivity contribution in [2.45, 2.75) is 0 Å². The van der Waals surface area contributed by atoms with Crippen molar-refractivity contribution in [3.05, 3.63) is 36.7 Å². The second kappa shape index (κ2) is 3.65. The Hall–Kier alpha value is -2.24. The Bertz CT molecular complexity index is 412. The third-order valence-corrected chi connectivity index (χ3v) is 1.48. The Kier molecular flexibility index (Phi) is 2.18. The highest BCUT2D eigenvalue weighted by Gasteiger charge is 2.07. The van der Waals surface area contributed by atoms with Crippen LogP contribution in [0.15, 0.2) is 36.7 Å². The van der Waals surface area contributed by atoms with Crippen LogP contribution in [0.25, 0.3) is 0 Å². The molecule has 0 spiro atoms. The second-order valence-electron chi connectivity index (χ2n) is 2.44. The standard InChI is InChI=1S/C8H6N4O2/c13-8(12-6-9-10-11-12)14-7-4-2-1-3-5-7/h1-6H. The molecule has 6 heteroatoms. The fourth-order valence-corrected chi connectivity index (χ4v) is 0.881. The third kappa shape index (κ3) is 1.74. The van der Waals surface area contributed by atoms with E-state index >= 15 is 0 Å². The van der Waals surface area contributed by atoms with Crippen molar-refractivity contribution in [1.82, 2.24) is 20.2 Å². The number of hydrogen-bond donors (Lipinski definition) is 0. The van der Waals surface area contributed by atoms with E-state index in [1.807, 2.05) is 6.07 Å². The Morgan fingerprint density at radius 3 is 2.71 bits per heavy atom. The van der Waals surface area contributed by atoms with E-state index in [2.05, 4.69) is 15.5 Å². The number of hydrogen-bond acceptors (Lipinski definition) is 5. The van der Waals surface area contributed by atoms with Gasteiger partial charge in [0.05, 0.1) is 0 Å². The Labute approximate surface area is 79.1 Å². The fraction of sp³-hybridized carbons (Fsp3) is 0. The lowest BCUT2D eigenvalue weighted by Crippen LogP contribution is -2.17. The first-order valence-corrected chi connectivity index (χ1v) is 3.86. The van der Waals surface area contributed by atoms with E-state index in [1.165, 1.54) is 6.33 Å². The zero-order valence-electron chi connectivity index (χ0n) is 7.07. The molecule has 14 heavy (non-hydrogen) atoms. The quantitative estimate of drug-likeness (QED) is 0.619. The maximum atomic E-state index is 11.3. The fourth-order valence-electron chi connectivity index (χ4n) is 0.881. The molecular weight excluding hydrogens is 184 g/mol. The molecule has 0 atom stereocenters. The molecule has 0 radical (unpaired) electrons. The first-order chi connectivity index (χ1) is 6.86. The van der Waals surface area contributed by atoms with Crippen molar-refractivity contribution in [3.8, 4) is 5.75 Å². The molecule has 0 fully saturated rings. The Morgan fingerprint density at radius 1 is 1.29 bits per heavy atom. The summed E-state index contributed by atoms with van der Waals surface area (Å²) in [6.07, 6.45) is 0.534. The summed E-state index contributed by atoms with van der Waals surface area (Å²) in [5.74, 6) is 0.452. The van der Waals surface area contributed by atoms with Crippen LogP contribution in [0.5, 0.6) is 5.75 Å². The SMILES string of the molecule is O=C(Oc1ccccc1)n1cnnn1. The van der Waals surface area contributed by atoms with Crippen molar-refractivity contribution < 1.29 is 9.53 Å². The number of aromatic nitrogens is 4. The van der Waals surface area contributed by atoms with E-state index in [0.717, 1.165) is 4.68 Å². The molecule has 0 N–H and O–H groups in total. The van der Waals surface area contributed by atoms with Gasteiger partial charge in [0.15, 0.2) is 6.33 Å². The van der Waals surface area contributed by atoms with E-state index in [1.54, 1.807) is 24.3 Å². The summed E-state index contributed by atoms with van der Waals surface area (Å²) in [4.78, 5) is 11.3. The van der Waals surface area contributed by atoms with Gasteiger partial charge in [0.25, 0.3) is 0 Å². The van der Waals surface area contributed by atoms with Crippen molar-refractivity contribution in [3.63, 3.8) is 0 Å². The zero-order valence-corrected chi connectivity index (χ0v) is 7.07. The van der Waals surface area contributed by atoms with Crippen molar-refractivity contribution in [2.75, 3.05) is 0 Å². The minimum Gasteiger partial charge on any atom is -0.409 e. The van der Waals surface area contributed by atoms with Crippen LogP contribution in [0, 0.1) is 0 Å². The molecule has 0 saturated carbocycles. The normalized spacial score (nSPS) is 9.71. The van der Waals surface area contributed by atoms with Gasteiger partial charge in [-0.25, -0.2) is 4.79 Å². The number of benzene rings is 1. The lowest BCUT2D eigenvalue weighted by molar-refractivity contribution is 0.198. The molecular formula is C8H6N4O2. The average Bonchev–Trinajstić information content (AvgIpc) is 2.72. The van der Waals surface area contributed by atoms with E-state index in [0.29, 0.717) is 5.75 Å². The van der Waals surface area contributed by atoms with Crippen LogP contribution in [0.2, 0.25) is 0 Å². The van der Waals surface area contributed by atoms with E-state index in [-0.39, 0.29) is 0 Å². The lowest BCUT2D eigenvalue weighted by atomic mass is 10.3. The van der Waals surface area contributed by atoms with Gasteiger partial charge >= 0.3 is 6.09 Å². The van der Waals surface area contributed by atoms with Gasteiger partial charge in [-0.05, 0) is 22.6 Å². The molecule has 2 rings (SSSR count). The highest BCUT2D eigenvalue weighted by atomic mass is 16.6. The highest BCUT2D eigenvalue weighted by Crippen LogP contribution is 2.08. The summed E-state index contributed by atoms with van der Waals surface area (Å²) in [6.45, 7) is 0. The molecule has 0 aliphatic heterocycles. The summed E-state index contributed by atoms with van der Waals surface area (Å²) >= 11 is 0. The first kappa shape index (κ1) is 8.36. The van der Waals surface area contributed by atoms with Crippen LogP contribution in [0.3, 0.4) is 0 Å². The average molecular weight is 190 g/mol. The predicted molar refractivity (Wildman–Crippen MR) is 45.7 cm³/mol. The monoisotopic (exact) mass is 190 g/mol. The van der Waals surface area contributed by atoms with Crippen molar-refractivity contribution >= 4 is 6.09 Å². The summed E-state index contributed by atoms with van der Waals surface area (Å²) in [6, 6.07) is 8.70. The predicted octanol–water partition coefficient (Wildman–Crippen LogP) is 0.720. The van der Waals surface area contributed by atoms with Crippen LogP contribution < -0.4 is 4.74 Å². The molecule has 0 aliphatic rings. The lowest BCUT2D eigenvalue weighted by Gasteiger charge is -2.00. The molecule has 0 bridgehead atoms. The molecule has 2 aromatic rings. The van der Waals surface area contributed by atoms with Gasteiger partial charge in [0.1, 0.15) is 5.75 Å². The highest BCUT2D eigenvalue weighted by molar-refractivity contribution is 5.71. The number of carbonyl (C=O) groups is 1. The van der Waals surface area contributed by atoms with Crippen LogP contribution >= 0.6 is 0 Å². The summed E-state index contributed by atoms with van der Waals surface area (Å²) in [5.41, 5.74) is 0. The van der Waals surface area contributed by atoms with E-state index in [9.17, 15) is 4.79 Å². The van der Waals surface area contributed by atoms with E-state index in [4.69, 9.17) is 4.74 Å². The van der Waals surface area contributed by atoms with Crippen molar-refractivity contribution in [2.24, 2.45) is 0 Å². The van der Waals surface area contributed by atoms with Crippen LogP contribution in [0.1, 0.15) is 0 Å². The van der Waals surface area contributed by atoms with E-state index < -0.39 is 6.09 Å². The molecule has 1 aromatic carbocycles. The molecule has 0 unspecified atom stereocenters. The summed E-state index contributed by atoms with van der Waals surface area (Å²) in [5, 5.41) is 10.0. The Morgan fingerprint density at radius 2 is 2.07 bits per heavy atom. The van der Waals surface area contributed by atoms with Crippen LogP contribution in [0.4, 0.5) is 4.79 Å². The second-order valence-corrected chi connectivity index (χ2v) is 2.44. The van der Waals surface area contributed by atoms with Crippen molar-refractivity contribution in [1.29, 1.82) is 0 Å². The number of carbonyl (C=O) groups excluding carboxylic acids is 1. The maximum absolute atomic E-state index is 11.3. The molecule has 0 aliphatic carbocycles. The number of para-hydroxylation sites is 1. The van der Waals surface area contributed by atoms with Gasteiger partial charge in [-0.3, -0.25) is 0 Å². The van der Waals surface area contributed by atoms with Gasteiger partial charge in [-0.2, -0.15) is 0 Å². The van der Waals surface area contributed by atoms with Gasteiger partial charge < -0.3 is 4.74 Å². The maximum Gasteiger partial charge on any atom is 0.443 e. The number of rotatable bonds is 1. The van der Waals surface area contributed by atoms with Gasteiger partial charge in [-0.1, -0.05) is 18.2 Å². The molecule has 70 valence electrons. The first-order valence-electron chi connectivity index (χ1n) is 3.86. The smallest absolute Gasteiger partial charge is 0.409 e. The number of nitrogens with zero attached hydrogens (tertiary/aromatic N) is 4. The Balaban J connectivity index is 2.10. The van der Waals surface area contributed by atoms with Gasteiger partial charge in [0.2, 0.25) is 0 Å². The largest absolute Gasteiger partial charge is 0.443 e. The minimum atomic E-state index is -0.638. The molecule has 6 nitrogen and oxygen atoms in total. The van der Waals surface area contributed by atoms with Gasteiger partial charge in [-0.15, -0.1) is 9.78 Å². The van der Waals surface area contributed by atoms with Crippen LogP contribution in [-0.2, 0) is 0 Å². The molecule has 0 saturated heterocycles. The third-order valence-electron chi connectivity index (χ3n) is 1.48. The molecule has 0 amide bonds. The summed E-state index contributed by atoms with van der Waals surface area (Å²) < 4.78 is 5.85. The number of ether oxygens (including phenoxy) is 1. The summed E-state index contributed by atoms with van der Waals surface area (Å²) in [7, 11) is 0. The van der Waals surface area contributed by atoms with Crippen LogP contribution in [-0.4, -0.2) is 26.3 Å². The molecule has 1 aromatic heterocycles. The minimum absolute atomic E-state index is 0.452. The molecule has 1 heterocycles. The topological polar surface area (TPSA) is 69.9 Å².